The summed E-state index contributed by atoms with van der Waals surface area (Å²) in [5.74, 6) is 0.441. The van der Waals surface area contributed by atoms with Crippen molar-refractivity contribution in [1.82, 2.24) is 9.97 Å². The first-order chi connectivity index (χ1) is 9.16. The standard InChI is InChI=1S/C13H11N3O2S/c14-11(19)9-5-8-10-6-15-3-1-7(10)2-4-18-13(8)16-12(9)17/h1,3,5-6H,2,4H2,(H2,14,19)(H,16,17). The largest absolute Gasteiger partial charge is 0.478 e. The van der Waals surface area contributed by atoms with E-state index in [0.29, 0.717) is 12.5 Å². The second-order valence-electron chi connectivity index (χ2n) is 4.25. The number of fused-ring (bicyclic) bond motifs is 3. The van der Waals surface area contributed by atoms with Gasteiger partial charge in [0.2, 0.25) is 5.88 Å². The summed E-state index contributed by atoms with van der Waals surface area (Å²) in [4.78, 5) is 18.7. The van der Waals surface area contributed by atoms with Crippen molar-refractivity contribution in [3.63, 3.8) is 0 Å². The molecule has 0 aromatic carbocycles. The predicted octanol–water partition coefficient (Wildman–Crippen LogP) is 1.01. The third kappa shape index (κ3) is 2.00. The zero-order chi connectivity index (χ0) is 13.4. The fourth-order valence-electron chi connectivity index (χ4n) is 2.16. The SMILES string of the molecule is NC(=S)c1cc2c([nH]c1=O)OCCc1ccncc1-2. The number of nitrogens with two attached hydrogens (primary N) is 1. The molecule has 0 aliphatic carbocycles. The Bertz CT molecular complexity index is 724. The van der Waals surface area contributed by atoms with Gasteiger partial charge in [-0.1, -0.05) is 12.2 Å². The summed E-state index contributed by atoms with van der Waals surface area (Å²) in [6.07, 6.45) is 4.26. The molecule has 0 radical (unpaired) electrons. The molecule has 0 atom stereocenters. The number of aromatic amines is 1. The maximum Gasteiger partial charge on any atom is 0.260 e. The Morgan fingerprint density at radius 3 is 3.11 bits per heavy atom. The molecule has 19 heavy (non-hydrogen) atoms. The van der Waals surface area contributed by atoms with Crippen molar-refractivity contribution >= 4 is 17.2 Å². The van der Waals surface area contributed by atoms with E-state index < -0.39 is 0 Å². The highest BCUT2D eigenvalue weighted by Crippen LogP contribution is 2.32. The zero-order valence-electron chi connectivity index (χ0n) is 9.97. The van der Waals surface area contributed by atoms with Gasteiger partial charge in [0.15, 0.2) is 0 Å². The van der Waals surface area contributed by atoms with Crippen molar-refractivity contribution < 1.29 is 4.74 Å². The van der Waals surface area contributed by atoms with Gasteiger partial charge in [0, 0.05) is 29.9 Å². The van der Waals surface area contributed by atoms with Crippen molar-refractivity contribution in [2.45, 2.75) is 6.42 Å². The van der Waals surface area contributed by atoms with Gasteiger partial charge in [0.05, 0.1) is 12.2 Å². The molecule has 0 amide bonds. The number of thiocarbonyl (C=S) groups is 1. The Morgan fingerprint density at radius 2 is 2.32 bits per heavy atom. The molecule has 1 aliphatic rings. The molecule has 1 aliphatic heterocycles. The lowest BCUT2D eigenvalue weighted by molar-refractivity contribution is 0.313. The van der Waals surface area contributed by atoms with Crippen LogP contribution in [-0.4, -0.2) is 21.6 Å². The average molecular weight is 273 g/mol. The second-order valence-corrected chi connectivity index (χ2v) is 4.69. The molecule has 0 saturated heterocycles. The van der Waals surface area contributed by atoms with Crippen LogP contribution < -0.4 is 16.0 Å². The molecule has 2 aromatic rings. The lowest BCUT2D eigenvalue weighted by Gasteiger charge is -2.09. The van der Waals surface area contributed by atoms with E-state index in [1.54, 1.807) is 18.5 Å². The number of hydrogen-bond acceptors (Lipinski definition) is 4. The van der Waals surface area contributed by atoms with Crippen molar-refractivity contribution in [2.75, 3.05) is 6.61 Å². The number of hydrogen-bond donors (Lipinski definition) is 2. The molecule has 3 rings (SSSR count). The molecule has 3 N–H and O–H groups in total. The molecule has 5 nitrogen and oxygen atoms in total. The summed E-state index contributed by atoms with van der Waals surface area (Å²) in [6.45, 7) is 0.506. The van der Waals surface area contributed by atoms with Gasteiger partial charge in [-0.05, 0) is 17.7 Å². The van der Waals surface area contributed by atoms with Gasteiger partial charge in [0.1, 0.15) is 4.99 Å². The summed E-state index contributed by atoms with van der Waals surface area (Å²) in [6, 6.07) is 3.61. The van der Waals surface area contributed by atoms with Crippen LogP contribution >= 0.6 is 12.2 Å². The van der Waals surface area contributed by atoms with E-state index in [9.17, 15) is 4.79 Å². The lowest BCUT2D eigenvalue weighted by atomic mass is 10.0. The van der Waals surface area contributed by atoms with Crippen LogP contribution in [0.2, 0.25) is 0 Å². The smallest absolute Gasteiger partial charge is 0.260 e. The molecule has 96 valence electrons. The number of nitrogens with one attached hydrogen (secondary N) is 1. The first-order valence-electron chi connectivity index (χ1n) is 5.80. The first-order valence-corrected chi connectivity index (χ1v) is 6.21. The van der Waals surface area contributed by atoms with E-state index in [1.165, 1.54) is 0 Å². The number of rotatable bonds is 1. The number of H-pyrrole nitrogens is 1. The highest BCUT2D eigenvalue weighted by Gasteiger charge is 2.18. The minimum absolute atomic E-state index is 0.0683. The molecular formula is C13H11N3O2S. The number of aromatic nitrogens is 2. The summed E-state index contributed by atoms with van der Waals surface area (Å²) >= 11 is 4.89. The highest BCUT2D eigenvalue weighted by atomic mass is 32.1. The second kappa shape index (κ2) is 4.47. The summed E-state index contributed by atoms with van der Waals surface area (Å²) < 4.78 is 5.58. The summed E-state index contributed by atoms with van der Waals surface area (Å²) in [7, 11) is 0. The van der Waals surface area contributed by atoms with Gasteiger partial charge >= 0.3 is 0 Å². The van der Waals surface area contributed by atoms with E-state index in [2.05, 4.69) is 9.97 Å². The van der Waals surface area contributed by atoms with Crippen LogP contribution in [0.1, 0.15) is 11.1 Å². The number of nitrogens with zero attached hydrogens (tertiary/aromatic N) is 1. The van der Waals surface area contributed by atoms with Gasteiger partial charge in [-0.3, -0.25) is 14.8 Å². The van der Waals surface area contributed by atoms with E-state index in [-0.39, 0.29) is 16.1 Å². The van der Waals surface area contributed by atoms with E-state index in [0.717, 1.165) is 23.1 Å². The van der Waals surface area contributed by atoms with Gasteiger partial charge in [-0.25, -0.2) is 0 Å². The Morgan fingerprint density at radius 1 is 1.47 bits per heavy atom. The van der Waals surface area contributed by atoms with Crippen LogP contribution in [0.4, 0.5) is 0 Å². The molecule has 2 aromatic heterocycles. The van der Waals surface area contributed by atoms with E-state index in [4.69, 9.17) is 22.7 Å². The van der Waals surface area contributed by atoms with Crippen molar-refractivity contribution in [1.29, 1.82) is 0 Å². The van der Waals surface area contributed by atoms with Crippen molar-refractivity contribution in [3.8, 4) is 17.0 Å². The summed E-state index contributed by atoms with van der Waals surface area (Å²) in [5, 5.41) is 0. The van der Waals surface area contributed by atoms with Crippen LogP contribution in [-0.2, 0) is 6.42 Å². The molecule has 0 unspecified atom stereocenters. The fourth-order valence-corrected chi connectivity index (χ4v) is 2.31. The van der Waals surface area contributed by atoms with E-state index >= 15 is 0 Å². The van der Waals surface area contributed by atoms with Gasteiger partial charge in [-0.2, -0.15) is 0 Å². The van der Waals surface area contributed by atoms with Crippen molar-refractivity contribution in [3.05, 3.63) is 46.0 Å². The Labute approximate surface area is 114 Å². The molecule has 0 fully saturated rings. The molecule has 3 heterocycles. The molecule has 0 saturated carbocycles. The summed E-state index contributed by atoms with van der Waals surface area (Å²) in [5.41, 5.74) is 8.33. The lowest BCUT2D eigenvalue weighted by Crippen LogP contribution is -2.23. The van der Waals surface area contributed by atoms with Crippen LogP contribution in [0.15, 0.2) is 29.3 Å². The molecule has 0 spiro atoms. The average Bonchev–Trinajstić information content (AvgIpc) is 2.56. The third-order valence-electron chi connectivity index (χ3n) is 3.09. The Hall–Kier alpha value is -2.21. The Balaban J connectivity index is 2.31. The molecule has 0 bridgehead atoms. The first kappa shape index (κ1) is 11.9. The maximum absolute atomic E-state index is 11.8. The van der Waals surface area contributed by atoms with Crippen LogP contribution in [0.5, 0.6) is 5.88 Å². The maximum atomic E-state index is 11.8. The van der Waals surface area contributed by atoms with Gasteiger partial charge < -0.3 is 10.5 Å². The number of ether oxygens (including phenoxy) is 1. The minimum atomic E-state index is -0.335. The van der Waals surface area contributed by atoms with Crippen LogP contribution in [0.3, 0.4) is 0 Å². The third-order valence-corrected chi connectivity index (χ3v) is 3.31. The predicted molar refractivity (Wildman–Crippen MR) is 75.4 cm³/mol. The van der Waals surface area contributed by atoms with Crippen molar-refractivity contribution in [2.24, 2.45) is 5.73 Å². The monoisotopic (exact) mass is 273 g/mol. The van der Waals surface area contributed by atoms with Crippen LogP contribution in [0.25, 0.3) is 11.1 Å². The van der Waals surface area contributed by atoms with Gasteiger partial charge in [0.25, 0.3) is 5.56 Å². The molecule has 6 heteroatoms. The van der Waals surface area contributed by atoms with Gasteiger partial charge in [-0.15, -0.1) is 0 Å². The fraction of sp³-hybridized carbons (Fsp3) is 0.154. The highest BCUT2D eigenvalue weighted by molar-refractivity contribution is 7.80. The number of pyridine rings is 2. The normalized spacial score (nSPS) is 12.8. The Kier molecular flexibility index (Phi) is 2.79. The van der Waals surface area contributed by atoms with E-state index in [1.807, 2.05) is 6.07 Å². The van der Waals surface area contributed by atoms with Crippen LogP contribution in [0, 0.1) is 0 Å². The molecular weight excluding hydrogens is 262 g/mol. The zero-order valence-corrected chi connectivity index (χ0v) is 10.8. The topological polar surface area (TPSA) is 81.0 Å². The quantitative estimate of drug-likeness (QED) is 0.758. The minimum Gasteiger partial charge on any atom is -0.478 e.